The molecule has 29 heavy (non-hydrogen) atoms. The van der Waals surface area contributed by atoms with E-state index in [-0.39, 0.29) is 12.4 Å². The van der Waals surface area contributed by atoms with E-state index < -0.39 is 0 Å². The predicted molar refractivity (Wildman–Crippen MR) is 110 cm³/mol. The van der Waals surface area contributed by atoms with Crippen LogP contribution in [-0.2, 0) is 19.7 Å². The summed E-state index contributed by atoms with van der Waals surface area (Å²) in [5.74, 6) is 0.941. The highest BCUT2D eigenvalue weighted by atomic mass is 19.1. The molecule has 1 aromatic heterocycles. The van der Waals surface area contributed by atoms with Gasteiger partial charge in [-0.3, -0.25) is 0 Å². The molecule has 146 valence electrons. The van der Waals surface area contributed by atoms with E-state index in [2.05, 4.69) is 27.4 Å². The summed E-state index contributed by atoms with van der Waals surface area (Å²) in [6, 6.07) is 18.6. The van der Waals surface area contributed by atoms with Gasteiger partial charge in [0.1, 0.15) is 18.2 Å². The number of allylic oxidation sites excluding steroid dienone is 1. The molecule has 1 N–H and O–H groups in total. The van der Waals surface area contributed by atoms with Crippen LogP contribution in [0.2, 0.25) is 0 Å². The number of hydrogen-bond acceptors (Lipinski definition) is 5. The van der Waals surface area contributed by atoms with Gasteiger partial charge in [0.05, 0.1) is 6.54 Å². The Morgan fingerprint density at radius 2 is 1.90 bits per heavy atom. The van der Waals surface area contributed by atoms with E-state index in [1.54, 1.807) is 29.0 Å². The van der Waals surface area contributed by atoms with Gasteiger partial charge in [-0.15, -0.1) is 6.58 Å². The molecule has 0 radical (unpaired) electrons. The Hall–Kier alpha value is -3.74. The van der Waals surface area contributed by atoms with Crippen molar-refractivity contribution in [2.24, 2.45) is 0 Å². The van der Waals surface area contributed by atoms with Crippen LogP contribution in [-0.4, -0.2) is 20.2 Å². The summed E-state index contributed by atoms with van der Waals surface area (Å²) in [4.78, 5) is 0. The maximum Gasteiger partial charge on any atom is 0.243 e. The highest BCUT2D eigenvalue weighted by Gasteiger charge is 2.12. The Kier molecular flexibility index (Phi) is 5.47. The first-order valence-corrected chi connectivity index (χ1v) is 9.24. The molecule has 0 saturated heterocycles. The van der Waals surface area contributed by atoms with Crippen molar-refractivity contribution in [3.63, 3.8) is 0 Å². The van der Waals surface area contributed by atoms with Crippen molar-refractivity contribution in [2.75, 3.05) is 5.32 Å². The molecular weight excluding hydrogens is 369 g/mol. The Bertz CT molecular complexity index is 1140. The van der Waals surface area contributed by atoms with Gasteiger partial charge >= 0.3 is 0 Å². The van der Waals surface area contributed by atoms with Gasteiger partial charge in [0.2, 0.25) is 5.95 Å². The number of benzene rings is 3. The van der Waals surface area contributed by atoms with Crippen LogP contribution >= 0.6 is 0 Å². The van der Waals surface area contributed by atoms with Crippen molar-refractivity contribution in [1.29, 1.82) is 0 Å². The second-order valence-corrected chi connectivity index (χ2v) is 6.47. The Balaban J connectivity index is 1.63. The molecule has 0 spiro atoms. The molecule has 0 aliphatic carbocycles. The Labute approximate surface area is 167 Å². The molecule has 7 heteroatoms. The van der Waals surface area contributed by atoms with Gasteiger partial charge < -0.3 is 10.1 Å². The number of tetrazole rings is 1. The van der Waals surface area contributed by atoms with Crippen LogP contribution in [0.25, 0.3) is 10.8 Å². The van der Waals surface area contributed by atoms with Gasteiger partial charge in [-0.2, -0.15) is 0 Å². The number of anilines is 1. The number of nitrogens with one attached hydrogen (secondary N) is 1. The van der Waals surface area contributed by atoms with Gasteiger partial charge in [0.25, 0.3) is 0 Å². The minimum atomic E-state index is -0.281. The van der Waals surface area contributed by atoms with Crippen LogP contribution in [0.15, 0.2) is 73.3 Å². The van der Waals surface area contributed by atoms with E-state index in [1.165, 1.54) is 6.07 Å². The lowest BCUT2D eigenvalue weighted by atomic mass is 10.0. The van der Waals surface area contributed by atoms with E-state index in [1.807, 2.05) is 36.4 Å². The van der Waals surface area contributed by atoms with E-state index in [4.69, 9.17) is 4.74 Å². The molecule has 6 nitrogen and oxygen atoms in total. The highest BCUT2D eigenvalue weighted by molar-refractivity contribution is 5.88. The fourth-order valence-electron chi connectivity index (χ4n) is 3.15. The summed E-state index contributed by atoms with van der Waals surface area (Å²) in [6.07, 6.45) is 1.72. The molecule has 4 aromatic rings. The van der Waals surface area contributed by atoms with Gasteiger partial charge in [0, 0.05) is 17.7 Å². The van der Waals surface area contributed by atoms with Gasteiger partial charge in [0.15, 0.2) is 0 Å². The molecule has 0 amide bonds. The molecule has 3 aromatic carbocycles. The fraction of sp³-hybridized carbons (Fsp3) is 0.136. The number of aromatic nitrogens is 4. The molecule has 1 heterocycles. The quantitative estimate of drug-likeness (QED) is 0.454. The fourth-order valence-corrected chi connectivity index (χ4v) is 3.15. The number of halogens is 1. The summed E-state index contributed by atoms with van der Waals surface area (Å²) in [6.45, 7) is 4.81. The second kappa shape index (κ2) is 8.52. The van der Waals surface area contributed by atoms with Crippen LogP contribution in [0.1, 0.15) is 11.1 Å². The molecule has 0 aliphatic rings. The first-order chi connectivity index (χ1) is 14.3. The van der Waals surface area contributed by atoms with Crippen molar-refractivity contribution in [3.8, 4) is 5.75 Å². The van der Waals surface area contributed by atoms with Crippen LogP contribution in [0.4, 0.5) is 10.3 Å². The lowest BCUT2D eigenvalue weighted by Crippen LogP contribution is -2.10. The van der Waals surface area contributed by atoms with E-state index in [9.17, 15) is 4.39 Å². The van der Waals surface area contributed by atoms with Crippen molar-refractivity contribution in [3.05, 3.63) is 90.3 Å². The first-order valence-electron chi connectivity index (χ1n) is 9.24. The molecule has 0 saturated carbocycles. The van der Waals surface area contributed by atoms with E-state index in [0.717, 1.165) is 16.3 Å². The third kappa shape index (κ3) is 4.08. The monoisotopic (exact) mass is 389 g/mol. The van der Waals surface area contributed by atoms with Gasteiger partial charge in [-0.05, 0) is 33.3 Å². The topological polar surface area (TPSA) is 64.9 Å². The third-order valence-corrected chi connectivity index (χ3v) is 4.60. The predicted octanol–water partition coefficient (Wildman–Crippen LogP) is 4.34. The standard InChI is InChI=1S/C22H20FN5O/c1-2-13-28-22(25-26-27-28)24-14-19-18-9-5-3-7-16(18)11-12-21(19)29-15-17-8-4-6-10-20(17)23/h2-12H,1,13-15H2,(H,24,25,27). The van der Waals surface area contributed by atoms with Crippen LogP contribution < -0.4 is 10.1 Å². The van der Waals surface area contributed by atoms with Crippen molar-refractivity contribution < 1.29 is 9.13 Å². The summed E-state index contributed by atoms with van der Waals surface area (Å²) >= 11 is 0. The largest absolute Gasteiger partial charge is 0.488 e. The average Bonchev–Trinajstić information content (AvgIpc) is 3.19. The van der Waals surface area contributed by atoms with Gasteiger partial charge in [-0.1, -0.05) is 59.7 Å². The average molecular weight is 389 g/mol. The number of hydrogen-bond donors (Lipinski definition) is 1. The summed E-state index contributed by atoms with van der Waals surface area (Å²) in [5.41, 5.74) is 1.46. The maximum atomic E-state index is 14.0. The van der Waals surface area contributed by atoms with E-state index >= 15 is 0 Å². The zero-order valence-corrected chi connectivity index (χ0v) is 15.8. The molecule has 4 rings (SSSR count). The summed E-state index contributed by atoms with van der Waals surface area (Å²) < 4.78 is 21.6. The number of nitrogens with zero attached hydrogens (tertiary/aromatic N) is 4. The normalized spacial score (nSPS) is 10.8. The maximum absolute atomic E-state index is 14.0. The molecule has 0 atom stereocenters. The van der Waals surface area contributed by atoms with Crippen molar-refractivity contribution in [1.82, 2.24) is 20.2 Å². The minimum absolute atomic E-state index is 0.145. The van der Waals surface area contributed by atoms with E-state index in [0.29, 0.717) is 30.4 Å². The number of ether oxygens (including phenoxy) is 1. The SMILES string of the molecule is C=CCn1nnnc1NCc1c(OCc2ccccc2F)ccc2ccccc12. The number of rotatable bonds is 8. The van der Waals surface area contributed by atoms with Gasteiger partial charge in [-0.25, -0.2) is 9.07 Å². The molecule has 0 aliphatic heterocycles. The zero-order chi connectivity index (χ0) is 20.1. The molecule has 0 bridgehead atoms. The lowest BCUT2D eigenvalue weighted by Gasteiger charge is -2.15. The lowest BCUT2D eigenvalue weighted by molar-refractivity contribution is 0.297. The second-order valence-electron chi connectivity index (χ2n) is 6.47. The molecule has 0 fully saturated rings. The van der Waals surface area contributed by atoms with Crippen molar-refractivity contribution >= 4 is 16.7 Å². The third-order valence-electron chi connectivity index (χ3n) is 4.60. The zero-order valence-electron chi connectivity index (χ0n) is 15.8. The van der Waals surface area contributed by atoms with Crippen LogP contribution in [0, 0.1) is 5.82 Å². The van der Waals surface area contributed by atoms with Crippen LogP contribution in [0.3, 0.4) is 0 Å². The van der Waals surface area contributed by atoms with Crippen molar-refractivity contribution in [2.45, 2.75) is 19.7 Å². The summed E-state index contributed by atoms with van der Waals surface area (Å²) in [5, 5.41) is 17.1. The highest BCUT2D eigenvalue weighted by Crippen LogP contribution is 2.29. The van der Waals surface area contributed by atoms with Crippen LogP contribution in [0.5, 0.6) is 5.75 Å². The Morgan fingerprint density at radius 1 is 1.07 bits per heavy atom. The smallest absolute Gasteiger partial charge is 0.243 e. The first kappa shape index (κ1) is 18.6. The minimum Gasteiger partial charge on any atom is -0.488 e. The molecule has 0 unspecified atom stereocenters. The molecular formula is C22H20FN5O. The Morgan fingerprint density at radius 3 is 2.76 bits per heavy atom. The summed E-state index contributed by atoms with van der Waals surface area (Å²) in [7, 11) is 0. The number of fused-ring (bicyclic) bond motifs is 1.